The molecule has 1 aliphatic heterocycles. The molecular weight excluding hydrogens is 298 g/mol. The zero-order valence-electron chi connectivity index (χ0n) is 14.7. The van der Waals surface area contributed by atoms with Gasteiger partial charge in [0.15, 0.2) is 5.96 Å². The average molecular weight is 325 g/mol. The van der Waals surface area contributed by atoms with Gasteiger partial charge in [0, 0.05) is 39.1 Å². The van der Waals surface area contributed by atoms with Crippen molar-refractivity contribution in [2.75, 3.05) is 20.1 Å². The third-order valence-electron chi connectivity index (χ3n) is 4.64. The summed E-state index contributed by atoms with van der Waals surface area (Å²) in [6, 6.07) is 10.6. The molecule has 0 unspecified atom stereocenters. The number of rotatable bonds is 4. The van der Waals surface area contributed by atoms with Gasteiger partial charge >= 0.3 is 0 Å². The second-order valence-electron chi connectivity index (χ2n) is 6.59. The smallest absolute Gasteiger partial charge is 0.193 e. The number of nitrogens with zero attached hydrogens (tertiary/aromatic N) is 4. The third kappa shape index (κ3) is 4.37. The summed E-state index contributed by atoms with van der Waals surface area (Å²) in [5.41, 5.74) is 2.53. The highest BCUT2D eigenvalue weighted by molar-refractivity contribution is 5.79. The summed E-state index contributed by atoms with van der Waals surface area (Å²) in [6.07, 6.45) is 6.30. The van der Waals surface area contributed by atoms with Crippen LogP contribution in [0.2, 0.25) is 0 Å². The van der Waals surface area contributed by atoms with Crippen LogP contribution in [0.4, 0.5) is 0 Å². The number of piperidine rings is 1. The lowest BCUT2D eigenvalue weighted by molar-refractivity contribution is 0.273. The van der Waals surface area contributed by atoms with Crippen LogP contribution in [-0.4, -0.2) is 40.8 Å². The minimum atomic E-state index is 0.797. The quantitative estimate of drug-likeness (QED) is 0.694. The van der Waals surface area contributed by atoms with Crippen LogP contribution < -0.4 is 5.32 Å². The van der Waals surface area contributed by atoms with E-state index in [9.17, 15) is 0 Å². The average Bonchev–Trinajstić information content (AvgIpc) is 3.10. The van der Waals surface area contributed by atoms with Crippen molar-refractivity contribution in [3.8, 4) is 0 Å². The second-order valence-corrected chi connectivity index (χ2v) is 6.59. The molecular formula is C19H27N5. The van der Waals surface area contributed by atoms with Crippen molar-refractivity contribution in [2.24, 2.45) is 10.9 Å². The first-order valence-electron chi connectivity index (χ1n) is 8.75. The van der Waals surface area contributed by atoms with Crippen molar-refractivity contribution in [1.29, 1.82) is 0 Å². The zero-order chi connectivity index (χ0) is 16.8. The first-order chi connectivity index (χ1) is 11.7. The van der Waals surface area contributed by atoms with Crippen LogP contribution in [0, 0.1) is 5.92 Å². The minimum Gasteiger partial charge on any atom is -0.352 e. The summed E-state index contributed by atoms with van der Waals surface area (Å²) in [7, 11) is 1.87. The van der Waals surface area contributed by atoms with Crippen molar-refractivity contribution in [2.45, 2.75) is 32.9 Å². The number of benzene rings is 1. The Morgan fingerprint density at radius 1 is 1.25 bits per heavy atom. The molecule has 1 aliphatic rings. The van der Waals surface area contributed by atoms with E-state index >= 15 is 0 Å². The lowest BCUT2D eigenvalue weighted by atomic mass is 9.99. The van der Waals surface area contributed by atoms with Gasteiger partial charge < -0.3 is 10.2 Å². The van der Waals surface area contributed by atoms with Crippen LogP contribution in [-0.2, 0) is 13.1 Å². The molecule has 5 heteroatoms. The fourth-order valence-electron chi connectivity index (χ4n) is 3.15. The van der Waals surface area contributed by atoms with Gasteiger partial charge in [-0.15, -0.1) is 0 Å². The molecule has 0 radical (unpaired) electrons. The zero-order valence-corrected chi connectivity index (χ0v) is 14.7. The third-order valence-corrected chi connectivity index (χ3v) is 4.64. The summed E-state index contributed by atoms with van der Waals surface area (Å²) in [6.45, 7) is 6.13. The fourth-order valence-corrected chi connectivity index (χ4v) is 3.15. The summed E-state index contributed by atoms with van der Waals surface area (Å²) >= 11 is 0. The monoisotopic (exact) mass is 325 g/mol. The topological polar surface area (TPSA) is 45.5 Å². The lowest BCUT2D eigenvalue weighted by Crippen LogP contribution is -2.45. The Balaban J connectivity index is 1.57. The van der Waals surface area contributed by atoms with Crippen LogP contribution in [0.1, 0.15) is 30.9 Å². The molecule has 24 heavy (non-hydrogen) atoms. The number of nitrogens with one attached hydrogen (secondary N) is 1. The molecule has 128 valence electrons. The van der Waals surface area contributed by atoms with E-state index in [-0.39, 0.29) is 0 Å². The molecule has 5 nitrogen and oxygen atoms in total. The molecule has 1 fully saturated rings. The Morgan fingerprint density at radius 3 is 2.75 bits per heavy atom. The standard InChI is InChI=1S/C19H27N5/c1-16-7-11-23(12-8-16)19(20-2)21-14-17-5-3-6-18(13-17)15-24-10-4-9-22-24/h3-6,9-10,13,16H,7-8,11-12,14-15H2,1-2H3,(H,20,21). The van der Waals surface area contributed by atoms with Crippen molar-refractivity contribution < 1.29 is 0 Å². The van der Waals surface area contributed by atoms with Crippen LogP contribution in [0.5, 0.6) is 0 Å². The van der Waals surface area contributed by atoms with Gasteiger partial charge in [-0.2, -0.15) is 5.10 Å². The van der Waals surface area contributed by atoms with Crippen molar-refractivity contribution >= 4 is 5.96 Å². The maximum absolute atomic E-state index is 4.45. The van der Waals surface area contributed by atoms with Gasteiger partial charge in [-0.3, -0.25) is 9.67 Å². The number of likely N-dealkylation sites (tertiary alicyclic amines) is 1. The summed E-state index contributed by atoms with van der Waals surface area (Å²) < 4.78 is 1.94. The summed E-state index contributed by atoms with van der Waals surface area (Å²) in [5.74, 6) is 1.85. The Hall–Kier alpha value is -2.30. The molecule has 0 aliphatic carbocycles. The molecule has 1 aromatic carbocycles. The van der Waals surface area contributed by atoms with Gasteiger partial charge in [-0.25, -0.2) is 0 Å². The van der Waals surface area contributed by atoms with Crippen LogP contribution in [0.15, 0.2) is 47.7 Å². The number of hydrogen-bond donors (Lipinski definition) is 1. The number of hydrogen-bond acceptors (Lipinski definition) is 2. The van der Waals surface area contributed by atoms with E-state index in [4.69, 9.17) is 0 Å². The molecule has 2 heterocycles. The summed E-state index contributed by atoms with van der Waals surface area (Å²) in [4.78, 5) is 6.82. The molecule has 1 saturated heterocycles. The van der Waals surface area contributed by atoms with Gasteiger partial charge in [-0.1, -0.05) is 31.2 Å². The van der Waals surface area contributed by atoms with E-state index in [1.807, 2.05) is 30.2 Å². The van der Waals surface area contributed by atoms with Crippen LogP contribution in [0.25, 0.3) is 0 Å². The van der Waals surface area contributed by atoms with E-state index in [1.54, 1.807) is 0 Å². The molecule has 1 aromatic heterocycles. The predicted octanol–water partition coefficient (Wildman–Crippen LogP) is 2.74. The molecule has 0 bridgehead atoms. The SMILES string of the molecule is CN=C(NCc1cccc(Cn2cccn2)c1)N1CCC(C)CC1. The fraction of sp³-hybridized carbons (Fsp3) is 0.474. The maximum atomic E-state index is 4.45. The molecule has 3 rings (SSSR count). The first kappa shape index (κ1) is 16.6. The van der Waals surface area contributed by atoms with Gasteiger partial charge in [0.25, 0.3) is 0 Å². The second kappa shape index (κ2) is 7.99. The Morgan fingerprint density at radius 2 is 2.04 bits per heavy atom. The van der Waals surface area contributed by atoms with E-state index in [2.05, 4.69) is 51.5 Å². The molecule has 0 atom stereocenters. The van der Waals surface area contributed by atoms with Gasteiger partial charge in [0.2, 0.25) is 0 Å². The first-order valence-corrected chi connectivity index (χ1v) is 8.75. The number of guanidine groups is 1. The molecule has 0 amide bonds. The molecule has 0 saturated carbocycles. The predicted molar refractivity (Wildman–Crippen MR) is 97.9 cm³/mol. The van der Waals surface area contributed by atoms with Crippen molar-refractivity contribution in [3.63, 3.8) is 0 Å². The normalized spacial score (nSPS) is 16.4. The van der Waals surface area contributed by atoms with Crippen molar-refractivity contribution in [3.05, 3.63) is 53.9 Å². The highest BCUT2D eigenvalue weighted by Crippen LogP contribution is 2.16. The Labute approximate surface area is 144 Å². The van der Waals surface area contributed by atoms with E-state index < -0.39 is 0 Å². The Bertz CT molecular complexity index is 654. The highest BCUT2D eigenvalue weighted by atomic mass is 15.3. The number of aromatic nitrogens is 2. The van der Waals surface area contributed by atoms with E-state index in [0.717, 1.165) is 38.1 Å². The van der Waals surface area contributed by atoms with Gasteiger partial charge in [0.05, 0.1) is 6.54 Å². The highest BCUT2D eigenvalue weighted by Gasteiger charge is 2.18. The molecule has 0 spiro atoms. The van der Waals surface area contributed by atoms with Crippen molar-refractivity contribution in [1.82, 2.24) is 20.0 Å². The largest absolute Gasteiger partial charge is 0.352 e. The minimum absolute atomic E-state index is 0.797. The Kier molecular flexibility index (Phi) is 5.51. The molecule has 1 N–H and O–H groups in total. The van der Waals surface area contributed by atoms with Crippen LogP contribution >= 0.6 is 0 Å². The number of aliphatic imine (C=N–C) groups is 1. The van der Waals surface area contributed by atoms with Gasteiger partial charge in [-0.05, 0) is 36.0 Å². The van der Waals surface area contributed by atoms with Gasteiger partial charge in [0.1, 0.15) is 0 Å². The molecule has 2 aromatic rings. The van der Waals surface area contributed by atoms with E-state index in [0.29, 0.717) is 0 Å². The lowest BCUT2D eigenvalue weighted by Gasteiger charge is -2.33. The summed E-state index contributed by atoms with van der Waals surface area (Å²) in [5, 5.41) is 7.78. The van der Waals surface area contributed by atoms with E-state index in [1.165, 1.54) is 24.0 Å². The maximum Gasteiger partial charge on any atom is 0.193 e. The van der Waals surface area contributed by atoms with Crippen LogP contribution in [0.3, 0.4) is 0 Å².